The van der Waals surface area contributed by atoms with Gasteiger partial charge in [0.2, 0.25) is 0 Å². The van der Waals surface area contributed by atoms with Crippen LogP contribution in [0.25, 0.3) is 0 Å². The van der Waals surface area contributed by atoms with Crippen molar-refractivity contribution < 1.29 is 5.11 Å². The first-order valence-electron chi connectivity index (χ1n) is 10.3. The second-order valence-electron chi connectivity index (χ2n) is 8.04. The smallest absolute Gasteiger partial charge is 0.0882 e. The molecule has 1 fully saturated rings. The van der Waals surface area contributed by atoms with Crippen molar-refractivity contribution in [1.82, 2.24) is 4.90 Å². The van der Waals surface area contributed by atoms with E-state index < -0.39 is 5.60 Å². The largest absolute Gasteiger partial charge is 0.388 e. The summed E-state index contributed by atoms with van der Waals surface area (Å²) < 4.78 is 0. The van der Waals surface area contributed by atoms with Crippen molar-refractivity contribution >= 4 is 12.4 Å². The van der Waals surface area contributed by atoms with Gasteiger partial charge in [-0.25, -0.2) is 0 Å². The van der Waals surface area contributed by atoms with Crippen LogP contribution in [0, 0.1) is 0 Å². The Hall–Kier alpha value is -2.13. The average Bonchev–Trinajstić information content (AvgIpc) is 3.19. The van der Waals surface area contributed by atoms with Crippen LogP contribution in [0.2, 0.25) is 0 Å². The molecular weight excluding hydrogens is 378 g/mol. The summed E-state index contributed by atoms with van der Waals surface area (Å²) in [4.78, 5) is 2.49. The van der Waals surface area contributed by atoms with Crippen LogP contribution in [0.5, 0.6) is 0 Å². The van der Waals surface area contributed by atoms with E-state index in [1.54, 1.807) is 0 Å². The first kappa shape index (κ1) is 21.6. The maximum atomic E-state index is 12.0. The number of benzene rings is 3. The zero-order valence-electron chi connectivity index (χ0n) is 16.8. The van der Waals surface area contributed by atoms with Crippen LogP contribution < -0.4 is 0 Å². The van der Waals surface area contributed by atoms with Gasteiger partial charge in [-0.2, -0.15) is 0 Å². The molecule has 1 unspecified atom stereocenters. The molecule has 152 valence electrons. The molecule has 3 aromatic rings. The van der Waals surface area contributed by atoms with Crippen molar-refractivity contribution in [1.29, 1.82) is 0 Å². The van der Waals surface area contributed by atoms with Gasteiger partial charge in [-0.15, -0.1) is 12.4 Å². The molecule has 2 nitrogen and oxygen atoms in total. The van der Waals surface area contributed by atoms with Gasteiger partial charge >= 0.3 is 0 Å². The highest BCUT2D eigenvalue weighted by Crippen LogP contribution is 2.34. The van der Waals surface area contributed by atoms with E-state index in [1.165, 1.54) is 16.7 Å². The van der Waals surface area contributed by atoms with Gasteiger partial charge in [-0.05, 0) is 36.1 Å². The van der Waals surface area contributed by atoms with Crippen LogP contribution in [-0.2, 0) is 19.4 Å². The molecule has 0 saturated carbocycles. The highest BCUT2D eigenvalue weighted by Gasteiger charge is 2.42. The lowest BCUT2D eigenvalue weighted by Crippen LogP contribution is -2.52. The molecular formula is C26H30ClNO. The second-order valence-corrected chi connectivity index (χ2v) is 8.04. The molecule has 1 saturated heterocycles. The number of hydrogen-bond donors (Lipinski definition) is 1. The van der Waals surface area contributed by atoms with Crippen LogP contribution in [-0.4, -0.2) is 28.2 Å². The van der Waals surface area contributed by atoms with Gasteiger partial charge in [0.05, 0.1) is 5.60 Å². The third-order valence-corrected chi connectivity index (χ3v) is 5.92. The molecule has 0 spiro atoms. The lowest BCUT2D eigenvalue weighted by atomic mass is 9.80. The van der Waals surface area contributed by atoms with Crippen LogP contribution in [0.1, 0.15) is 29.5 Å². The van der Waals surface area contributed by atoms with E-state index in [4.69, 9.17) is 0 Å². The van der Waals surface area contributed by atoms with E-state index in [0.717, 1.165) is 25.9 Å². The van der Waals surface area contributed by atoms with Gasteiger partial charge in [0.15, 0.2) is 0 Å². The summed E-state index contributed by atoms with van der Waals surface area (Å²) >= 11 is 0. The second kappa shape index (κ2) is 10.1. The number of aliphatic hydroxyl groups is 1. The monoisotopic (exact) mass is 407 g/mol. The summed E-state index contributed by atoms with van der Waals surface area (Å²) in [6.45, 7) is 1.95. The lowest BCUT2D eigenvalue weighted by Gasteiger charge is -2.40. The fraction of sp³-hybridized carbons (Fsp3) is 0.308. The van der Waals surface area contributed by atoms with Gasteiger partial charge in [-0.1, -0.05) is 91.0 Å². The van der Waals surface area contributed by atoms with Gasteiger partial charge in [0, 0.05) is 25.4 Å². The first-order valence-corrected chi connectivity index (χ1v) is 10.3. The van der Waals surface area contributed by atoms with Crippen LogP contribution in [0.4, 0.5) is 0 Å². The number of nitrogens with zero attached hydrogens (tertiary/aromatic N) is 1. The molecule has 1 atom stereocenters. The maximum Gasteiger partial charge on any atom is 0.0882 e. The van der Waals surface area contributed by atoms with E-state index in [1.807, 2.05) is 12.1 Å². The predicted octanol–water partition coefficient (Wildman–Crippen LogP) is 5.29. The Morgan fingerprint density at radius 1 is 0.724 bits per heavy atom. The molecule has 0 radical (unpaired) electrons. The lowest BCUT2D eigenvalue weighted by molar-refractivity contribution is -0.0354. The third kappa shape index (κ3) is 5.48. The molecule has 1 N–H and O–H groups in total. The fourth-order valence-electron chi connectivity index (χ4n) is 4.64. The standard InChI is InChI=1S/C26H29NO.ClH/c28-26(19-22-11-4-1-5-12-22,20-23-13-6-2-7-14-23)25-17-10-18-27(25)21-24-15-8-3-9-16-24;/h1-9,11-16,25,28H,10,17-21H2;1H. The molecule has 3 aromatic carbocycles. The molecule has 1 heterocycles. The van der Waals surface area contributed by atoms with Crippen molar-refractivity contribution in [3.05, 3.63) is 108 Å². The summed E-state index contributed by atoms with van der Waals surface area (Å²) in [6, 6.07) is 31.6. The zero-order chi connectivity index (χ0) is 19.2. The Labute approximate surface area is 180 Å². The summed E-state index contributed by atoms with van der Waals surface area (Å²) in [5.74, 6) is 0. The van der Waals surface area contributed by atoms with Crippen molar-refractivity contribution in [2.24, 2.45) is 0 Å². The van der Waals surface area contributed by atoms with Crippen LogP contribution in [0.15, 0.2) is 91.0 Å². The predicted molar refractivity (Wildman–Crippen MR) is 122 cm³/mol. The summed E-state index contributed by atoms with van der Waals surface area (Å²) in [6.07, 6.45) is 3.55. The zero-order valence-corrected chi connectivity index (χ0v) is 17.6. The minimum atomic E-state index is -0.784. The molecule has 3 heteroatoms. The van der Waals surface area contributed by atoms with Crippen molar-refractivity contribution in [3.63, 3.8) is 0 Å². The highest BCUT2D eigenvalue weighted by molar-refractivity contribution is 5.85. The number of hydrogen-bond acceptors (Lipinski definition) is 2. The van der Waals surface area contributed by atoms with E-state index in [2.05, 4.69) is 83.8 Å². The highest BCUT2D eigenvalue weighted by atomic mass is 35.5. The topological polar surface area (TPSA) is 23.5 Å². The molecule has 0 amide bonds. The summed E-state index contributed by atoms with van der Waals surface area (Å²) in [7, 11) is 0. The van der Waals surface area contributed by atoms with Crippen LogP contribution >= 0.6 is 12.4 Å². The number of halogens is 1. The Kier molecular flexibility index (Phi) is 7.49. The Morgan fingerprint density at radius 2 is 1.17 bits per heavy atom. The normalized spacial score (nSPS) is 17.1. The van der Waals surface area contributed by atoms with Crippen LogP contribution in [0.3, 0.4) is 0 Å². The van der Waals surface area contributed by atoms with Gasteiger partial charge in [0.25, 0.3) is 0 Å². The van der Waals surface area contributed by atoms with Gasteiger partial charge in [0.1, 0.15) is 0 Å². The quantitative estimate of drug-likeness (QED) is 0.575. The molecule has 4 rings (SSSR count). The maximum absolute atomic E-state index is 12.0. The van der Waals surface area contributed by atoms with Crippen molar-refractivity contribution in [2.75, 3.05) is 6.54 Å². The van der Waals surface area contributed by atoms with E-state index in [0.29, 0.717) is 12.8 Å². The summed E-state index contributed by atoms with van der Waals surface area (Å²) in [5, 5.41) is 12.0. The molecule has 1 aliphatic heterocycles. The molecule has 29 heavy (non-hydrogen) atoms. The average molecular weight is 408 g/mol. The third-order valence-electron chi connectivity index (χ3n) is 5.92. The molecule has 0 bridgehead atoms. The number of likely N-dealkylation sites (tertiary alicyclic amines) is 1. The Bertz CT molecular complexity index is 812. The number of rotatable bonds is 7. The SMILES string of the molecule is Cl.OC(Cc1ccccc1)(Cc1ccccc1)C1CCCN1Cc1ccccc1. The molecule has 1 aliphatic rings. The molecule has 0 aromatic heterocycles. The van der Waals surface area contributed by atoms with Crippen molar-refractivity contribution in [2.45, 2.75) is 43.9 Å². The van der Waals surface area contributed by atoms with E-state index in [9.17, 15) is 5.11 Å². The van der Waals surface area contributed by atoms with E-state index in [-0.39, 0.29) is 18.4 Å². The van der Waals surface area contributed by atoms with E-state index >= 15 is 0 Å². The Morgan fingerprint density at radius 3 is 1.66 bits per heavy atom. The Balaban J connectivity index is 0.00000240. The minimum Gasteiger partial charge on any atom is -0.388 e. The molecule has 0 aliphatic carbocycles. The summed E-state index contributed by atoms with van der Waals surface area (Å²) in [5.41, 5.74) is 2.93. The fourth-order valence-corrected chi connectivity index (χ4v) is 4.64. The van der Waals surface area contributed by atoms with Gasteiger partial charge in [-0.3, -0.25) is 4.90 Å². The first-order chi connectivity index (χ1) is 13.7. The minimum absolute atomic E-state index is 0. The van der Waals surface area contributed by atoms with Gasteiger partial charge < -0.3 is 5.11 Å². The van der Waals surface area contributed by atoms with Crippen molar-refractivity contribution in [3.8, 4) is 0 Å².